The lowest BCUT2D eigenvalue weighted by Crippen LogP contribution is -2.43. The smallest absolute Gasteiger partial charge is 0.272 e. The highest BCUT2D eigenvalue weighted by atomic mass is 32.1. The van der Waals surface area contributed by atoms with Gasteiger partial charge in [-0.3, -0.25) is 4.79 Å². The van der Waals surface area contributed by atoms with E-state index < -0.39 is 18.6 Å². The molecule has 1 fully saturated rings. The Hall–Kier alpha value is -2.09. The fourth-order valence-electron chi connectivity index (χ4n) is 2.87. The van der Waals surface area contributed by atoms with Crippen molar-refractivity contribution in [3.8, 4) is 5.88 Å². The quantitative estimate of drug-likeness (QED) is 0.865. The molecule has 0 spiro atoms. The van der Waals surface area contributed by atoms with Gasteiger partial charge in [-0.25, -0.2) is 18.7 Å². The summed E-state index contributed by atoms with van der Waals surface area (Å²) in [6.45, 7) is -0.717. The van der Waals surface area contributed by atoms with E-state index in [1.807, 2.05) is 5.38 Å². The highest BCUT2D eigenvalue weighted by Crippen LogP contribution is 2.39. The van der Waals surface area contributed by atoms with Gasteiger partial charge in [0.05, 0.1) is 11.1 Å². The molecule has 3 rings (SSSR count). The topological polar surface area (TPSA) is 64.1 Å². The number of alkyl halides is 2. The number of thiazole rings is 1. The molecule has 0 radical (unpaired) electrons. The third kappa shape index (κ3) is 3.69. The van der Waals surface area contributed by atoms with Crippen LogP contribution in [0, 0.1) is 0 Å². The zero-order chi connectivity index (χ0) is 17.0. The number of pyridine rings is 1. The van der Waals surface area contributed by atoms with E-state index in [-0.39, 0.29) is 11.8 Å². The van der Waals surface area contributed by atoms with Crippen LogP contribution >= 0.6 is 11.3 Å². The number of nitrogens with one attached hydrogen (secondary N) is 1. The van der Waals surface area contributed by atoms with Crippen molar-refractivity contribution in [3.05, 3.63) is 40.5 Å². The van der Waals surface area contributed by atoms with Gasteiger partial charge in [-0.15, -0.1) is 11.3 Å². The van der Waals surface area contributed by atoms with Crippen molar-refractivity contribution in [1.82, 2.24) is 15.3 Å². The van der Waals surface area contributed by atoms with E-state index in [1.54, 1.807) is 6.20 Å². The second kappa shape index (κ2) is 7.21. The standard InChI is InChI=1S/C16H17F2N3O2S/c17-12(18)10-23-13-4-3-11(9-20-13)14(22)21-16(5-1-2-6-16)15-19-7-8-24-15/h3-4,7-9,12H,1-2,5-6,10H2,(H,21,22). The number of aromatic nitrogens is 2. The van der Waals surface area contributed by atoms with Crippen molar-refractivity contribution in [1.29, 1.82) is 0 Å². The summed E-state index contributed by atoms with van der Waals surface area (Å²) in [5.41, 5.74) is -0.0574. The summed E-state index contributed by atoms with van der Waals surface area (Å²) in [7, 11) is 0. The summed E-state index contributed by atoms with van der Waals surface area (Å²) >= 11 is 1.54. The molecule has 1 aliphatic rings. The Morgan fingerprint density at radius 2 is 2.12 bits per heavy atom. The maximum Gasteiger partial charge on any atom is 0.272 e. The minimum atomic E-state index is -2.56. The van der Waals surface area contributed by atoms with Gasteiger partial charge in [0.25, 0.3) is 12.3 Å². The summed E-state index contributed by atoms with van der Waals surface area (Å²) in [5.74, 6) is -0.178. The van der Waals surface area contributed by atoms with Crippen molar-refractivity contribution >= 4 is 17.2 Å². The van der Waals surface area contributed by atoms with Gasteiger partial charge in [0.1, 0.15) is 5.01 Å². The molecule has 1 aliphatic carbocycles. The first-order chi connectivity index (χ1) is 11.6. The van der Waals surface area contributed by atoms with Gasteiger partial charge >= 0.3 is 0 Å². The number of rotatable bonds is 6. The third-order valence-electron chi connectivity index (χ3n) is 4.01. The van der Waals surface area contributed by atoms with Crippen molar-refractivity contribution in [3.63, 3.8) is 0 Å². The largest absolute Gasteiger partial charge is 0.472 e. The van der Waals surface area contributed by atoms with Gasteiger partial charge in [-0.2, -0.15) is 0 Å². The molecule has 2 aromatic heterocycles. The molecular weight excluding hydrogens is 336 g/mol. The molecular formula is C16H17F2N3O2S. The van der Waals surface area contributed by atoms with Gasteiger partial charge in [0, 0.05) is 23.8 Å². The molecule has 5 nitrogen and oxygen atoms in total. The zero-order valence-electron chi connectivity index (χ0n) is 12.9. The number of hydrogen-bond donors (Lipinski definition) is 1. The molecule has 128 valence electrons. The minimum absolute atomic E-state index is 0.0716. The van der Waals surface area contributed by atoms with Gasteiger partial charge in [0.15, 0.2) is 6.61 Å². The predicted molar refractivity (Wildman–Crippen MR) is 85.5 cm³/mol. The molecule has 8 heteroatoms. The lowest BCUT2D eigenvalue weighted by Gasteiger charge is -2.28. The molecule has 2 heterocycles. The average Bonchev–Trinajstić information content (AvgIpc) is 3.25. The number of amides is 1. The molecule has 0 saturated heterocycles. The maximum atomic E-state index is 12.5. The summed E-state index contributed by atoms with van der Waals surface area (Å²) in [6.07, 6.45) is 4.31. The molecule has 24 heavy (non-hydrogen) atoms. The molecule has 0 unspecified atom stereocenters. The van der Waals surface area contributed by atoms with Crippen LogP contribution in [0.15, 0.2) is 29.9 Å². The Bertz CT molecular complexity index is 671. The minimum Gasteiger partial charge on any atom is -0.472 e. The van der Waals surface area contributed by atoms with Crippen LogP contribution < -0.4 is 10.1 Å². The lowest BCUT2D eigenvalue weighted by atomic mass is 9.98. The highest BCUT2D eigenvalue weighted by molar-refractivity contribution is 7.09. The molecule has 0 bridgehead atoms. The van der Waals surface area contributed by atoms with E-state index in [2.05, 4.69) is 15.3 Å². The van der Waals surface area contributed by atoms with Crippen LogP contribution in [0.2, 0.25) is 0 Å². The third-order valence-corrected chi connectivity index (χ3v) is 4.98. The number of ether oxygens (including phenoxy) is 1. The van der Waals surface area contributed by atoms with E-state index in [4.69, 9.17) is 4.74 Å². The fourth-order valence-corrected chi connectivity index (χ4v) is 3.72. The number of carbonyl (C=O) groups is 1. The summed E-state index contributed by atoms with van der Waals surface area (Å²) < 4.78 is 29.0. The van der Waals surface area contributed by atoms with E-state index >= 15 is 0 Å². The Labute approximate surface area is 142 Å². The van der Waals surface area contributed by atoms with Crippen LogP contribution in [-0.4, -0.2) is 28.9 Å². The fraction of sp³-hybridized carbons (Fsp3) is 0.438. The monoisotopic (exact) mass is 353 g/mol. The van der Waals surface area contributed by atoms with Crippen LogP contribution in [-0.2, 0) is 5.54 Å². The van der Waals surface area contributed by atoms with Gasteiger partial charge in [-0.05, 0) is 18.9 Å². The second-order valence-corrected chi connectivity index (χ2v) is 6.56. The van der Waals surface area contributed by atoms with Crippen molar-refractivity contribution in [2.45, 2.75) is 37.6 Å². The van der Waals surface area contributed by atoms with Crippen LogP contribution in [0.25, 0.3) is 0 Å². The van der Waals surface area contributed by atoms with Crippen LogP contribution in [0.1, 0.15) is 41.0 Å². The first-order valence-electron chi connectivity index (χ1n) is 7.68. The zero-order valence-corrected chi connectivity index (χ0v) is 13.7. The molecule has 1 saturated carbocycles. The summed E-state index contributed by atoms with van der Waals surface area (Å²) in [6, 6.07) is 2.94. The van der Waals surface area contributed by atoms with E-state index in [0.29, 0.717) is 5.56 Å². The number of nitrogens with zero attached hydrogens (tertiary/aromatic N) is 2. The normalized spacial score (nSPS) is 16.3. The Morgan fingerprint density at radius 1 is 1.33 bits per heavy atom. The Morgan fingerprint density at radius 3 is 2.71 bits per heavy atom. The molecule has 1 N–H and O–H groups in total. The first kappa shape index (κ1) is 16.8. The number of hydrogen-bond acceptors (Lipinski definition) is 5. The summed E-state index contributed by atoms with van der Waals surface area (Å²) in [5, 5.41) is 5.90. The van der Waals surface area contributed by atoms with Crippen LogP contribution in [0.3, 0.4) is 0 Å². The van der Waals surface area contributed by atoms with Crippen molar-refractivity contribution < 1.29 is 18.3 Å². The first-order valence-corrected chi connectivity index (χ1v) is 8.56. The average molecular weight is 353 g/mol. The van der Waals surface area contributed by atoms with Crippen LogP contribution in [0.4, 0.5) is 8.78 Å². The van der Waals surface area contributed by atoms with Crippen molar-refractivity contribution in [2.24, 2.45) is 0 Å². The second-order valence-electron chi connectivity index (χ2n) is 5.67. The molecule has 1 amide bonds. The Balaban J connectivity index is 1.70. The van der Waals surface area contributed by atoms with E-state index in [1.165, 1.54) is 29.7 Å². The van der Waals surface area contributed by atoms with Crippen molar-refractivity contribution in [2.75, 3.05) is 6.61 Å². The molecule has 2 aromatic rings. The number of halogens is 2. The van der Waals surface area contributed by atoms with Gasteiger partial charge in [-0.1, -0.05) is 12.8 Å². The predicted octanol–water partition coefficient (Wildman–Crippen LogP) is 3.38. The van der Waals surface area contributed by atoms with Crippen LogP contribution in [0.5, 0.6) is 5.88 Å². The molecule has 0 aliphatic heterocycles. The van der Waals surface area contributed by atoms with Gasteiger partial charge < -0.3 is 10.1 Å². The Kier molecular flexibility index (Phi) is 5.03. The number of carbonyl (C=O) groups excluding carboxylic acids is 1. The van der Waals surface area contributed by atoms with Gasteiger partial charge in [0.2, 0.25) is 5.88 Å². The molecule has 0 aromatic carbocycles. The summed E-state index contributed by atoms with van der Waals surface area (Å²) in [4.78, 5) is 20.8. The highest BCUT2D eigenvalue weighted by Gasteiger charge is 2.39. The lowest BCUT2D eigenvalue weighted by molar-refractivity contribution is 0.0794. The SMILES string of the molecule is O=C(NC1(c2nccs2)CCCC1)c1ccc(OCC(F)F)nc1. The maximum absolute atomic E-state index is 12.5. The van der Waals surface area contributed by atoms with E-state index in [9.17, 15) is 13.6 Å². The molecule has 0 atom stereocenters. The van der Waals surface area contributed by atoms with E-state index in [0.717, 1.165) is 30.7 Å².